The topological polar surface area (TPSA) is 49.7 Å². The van der Waals surface area contributed by atoms with Gasteiger partial charge in [-0.1, -0.05) is 67.9 Å². The smallest absolute Gasteiger partial charge is 0.311 e. The van der Waals surface area contributed by atoms with E-state index in [9.17, 15) is 4.79 Å². The molecule has 0 saturated carbocycles. The third-order valence-electron chi connectivity index (χ3n) is 6.72. The van der Waals surface area contributed by atoms with Crippen molar-refractivity contribution in [3.05, 3.63) is 71.0 Å². The highest BCUT2D eigenvalue weighted by Crippen LogP contribution is 2.47. The number of hydrogen-bond donors (Lipinski definition) is 0. The van der Waals surface area contributed by atoms with Crippen molar-refractivity contribution in [1.29, 1.82) is 0 Å². The van der Waals surface area contributed by atoms with E-state index in [-0.39, 0.29) is 30.5 Å². The van der Waals surface area contributed by atoms with Crippen molar-refractivity contribution in [2.24, 2.45) is 5.41 Å². The third-order valence-corrected chi connectivity index (χ3v) is 6.97. The number of benzene rings is 2. The fourth-order valence-corrected chi connectivity index (χ4v) is 5.41. The van der Waals surface area contributed by atoms with E-state index in [4.69, 9.17) is 25.8 Å². The highest BCUT2D eigenvalue weighted by atomic mass is 35.5. The molecule has 6 heteroatoms. The van der Waals surface area contributed by atoms with Gasteiger partial charge in [0.25, 0.3) is 0 Å². The Bertz CT molecular complexity index is 1230. The van der Waals surface area contributed by atoms with Crippen LogP contribution >= 0.6 is 11.6 Å². The summed E-state index contributed by atoms with van der Waals surface area (Å²) in [5.74, 6) is -0.907. The van der Waals surface area contributed by atoms with Gasteiger partial charge >= 0.3 is 5.97 Å². The monoisotopic (exact) mass is 493 g/mol. The van der Waals surface area contributed by atoms with Crippen LogP contribution < -0.4 is 0 Å². The first-order valence-corrected chi connectivity index (χ1v) is 12.5. The van der Waals surface area contributed by atoms with Crippen molar-refractivity contribution in [3.63, 3.8) is 0 Å². The van der Waals surface area contributed by atoms with Crippen molar-refractivity contribution < 1.29 is 19.0 Å². The molecule has 5 rings (SSSR count). The molecule has 2 aromatic carbocycles. The molecule has 1 atom stereocenters. The van der Waals surface area contributed by atoms with E-state index in [1.807, 2.05) is 44.2 Å². The highest BCUT2D eigenvalue weighted by molar-refractivity contribution is 6.30. The zero-order valence-electron chi connectivity index (χ0n) is 20.8. The molecule has 1 fully saturated rings. The van der Waals surface area contributed by atoms with Crippen LogP contribution in [0, 0.1) is 5.41 Å². The number of nitrogens with zero attached hydrogens (tertiary/aromatic N) is 1. The second-order valence-electron chi connectivity index (χ2n) is 10.8. The minimum atomic E-state index is -0.642. The summed E-state index contributed by atoms with van der Waals surface area (Å²) < 4.78 is 19.4. The number of esters is 1. The minimum absolute atomic E-state index is 0.108. The summed E-state index contributed by atoms with van der Waals surface area (Å²) in [7, 11) is 0. The van der Waals surface area contributed by atoms with Gasteiger partial charge < -0.3 is 18.8 Å². The van der Waals surface area contributed by atoms with Gasteiger partial charge in [-0.3, -0.25) is 4.79 Å². The zero-order chi connectivity index (χ0) is 24.8. The number of ether oxygens (including phenoxy) is 3. The lowest BCUT2D eigenvalue weighted by Crippen LogP contribution is -2.26. The number of rotatable bonds is 6. The van der Waals surface area contributed by atoms with Crippen molar-refractivity contribution in [3.8, 4) is 22.3 Å². The quantitative estimate of drug-likeness (QED) is 0.378. The molecule has 5 nitrogen and oxygen atoms in total. The third kappa shape index (κ3) is 5.04. The van der Waals surface area contributed by atoms with Crippen molar-refractivity contribution in [1.82, 2.24) is 4.57 Å². The lowest BCUT2D eigenvalue weighted by atomic mass is 9.86. The Labute approximate surface area is 212 Å². The summed E-state index contributed by atoms with van der Waals surface area (Å²) in [6.45, 7) is 9.74. The molecule has 0 N–H and O–H groups in total. The van der Waals surface area contributed by atoms with Crippen molar-refractivity contribution in [2.75, 3.05) is 13.2 Å². The Morgan fingerprint density at radius 1 is 1.03 bits per heavy atom. The van der Waals surface area contributed by atoms with Crippen LogP contribution in [0.25, 0.3) is 22.3 Å². The van der Waals surface area contributed by atoms with Gasteiger partial charge in [-0.05, 0) is 48.9 Å². The summed E-state index contributed by atoms with van der Waals surface area (Å²) in [4.78, 5) is 13.1. The van der Waals surface area contributed by atoms with Crippen LogP contribution in [0.1, 0.15) is 39.1 Å². The molecule has 2 aliphatic rings. The molecule has 1 unspecified atom stereocenters. The number of aromatic nitrogens is 1. The first-order valence-electron chi connectivity index (χ1n) is 12.1. The Morgan fingerprint density at radius 2 is 1.71 bits per heavy atom. The van der Waals surface area contributed by atoms with Gasteiger partial charge in [-0.2, -0.15) is 0 Å². The lowest BCUT2D eigenvalue weighted by Gasteiger charge is -2.19. The van der Waals surface area contributed by atoms with Crippen LogP contribution in [0.2, 0.25) is 5.02 Å². The predicted molar refractivity (Wildman–Crippen MR) is 137 cm³/mol. The first kappa shape index (κ1) is 24.1. The Morgan fingerprint density at radius 3 is 2.37 bits per heavy atom. The molecule has 1 aromatic heterocycles. The van der Waals surface area contributed by atoms with Crippen LogP contribution in [-0.4, -0.2) is 35.6 Å². The van der Waals surface area contributed by atoms with Gasteiger partial charge in [0, 0.05) is 34.1 Å². The molecule has 2 aliphatic heterocycles. The van der Waals surface area contributed by atoms with Crippen molar-refractivity contribution in [2.45, 2.75) is 59.0 Å². The van der Waals surface area contributed by atoms with Crippen molar-refractivity contribution >= 4 is 17.6 Å². The molecule has 0 radical (unpaired) electrons. The molecule has 3 aromatic rings. The SMILES string of the molecule is CC1(C)Cc2c(-c3ccccc3)c(-c3ccc(Cl)cc3)c(CC(=O)OCC3COC(C)(C)O3)n2C1. The number of carbonyl (C=O) groups excluding carboxylic acids is 1. The maximum absolute atomic E-state index is 13.1. The van der Waals surface area contributed by atoms with Crippen LogP contribution in [0.4, 0.5) is 0 Å². The maximum Gasteiger partial charge on any atom is 0.311 e. The largest absolute Gasteiger partial charge is 0.463 e. The summed E-state index contributed by atoms with van der Waals surface area (Å²) in [5.41, 5.74) is 6.83. The van der Waals surface area contributed by atoms with E-state index < -0.39 is 5.79 Å². The van der Waals surface area contributed by atoms with Gasteiger partial charge in [0.15, 0.2) is 5.79 Å². The van der Waals surface area contributed by atoms with E-state index in [2.05, 4.69) is 42.7 Å². The fraction of sp³-hybridized carbons (Fsp3) is 0.414. The lowest BCUT2D eigenvalue weighted by molar-refractivity contribution is -0.157. The molecular formula is C29H32ClNO4. The van der Waals surface area contributed by atoms with E-state index in [1.54, 1.807) is 0 Å². The number of fused-ring (bicyclic) bond motifs is 1. The Balaban J connectivity index is 1.53. The minimum Gasteiger partial charge on any atom is -0.463 e. The molecule has 0 amide bonds. The fourth-order valence-electron chi connectivity index (χ4n) is 5.28. The second kappa shape index (κ2) is 9.12. The predicted octanol–water partition coefficient (Wildman–Crippen LogP) is 6.30. The number of hydrogen-bond acceptors (Lipinski definition) is 4. The van der Waals surface area contributed by atoms with Gasteiger partial charge in [-0.25, -0.2) is 0 Å². The maximum atomic E-state index is 13.1. The van der Waals surface area contributed by atoms with Crippen LogP contribution in [0.3, 0.4) is 0 Å². The average Bonchev–Trinajstić information content (AvgIpc) is 3.41. The Kier molecular flexibility index (Phi) is 6.28. The van der Waals surface area contributed by atoms with Crippen LogP contribution in [0.15, 0.2) is 54.6 Å². The van der Waals surface area contributed by atoms with Gasteiger partial charge in [0.05, 0.1) is 13.0 Å². The molecular weight excluding hydrogens is 462 g/mol. The second-order valence-corrected chi connectivity index (χ2v) is 11.2. The molecule has 0 spiro atoms. The molecule has 3 heterocycles. The van der Waals surface area contributed by atoms with Crippen LogP contribution in [-0.2, 0) is 38.4 Å². The van der Waals surface area contributed by atoms with E-state index in [0.29, 0.717) is 11.6 Å². The summed E-state index contributed by atoms with van der Waals surface area (Å²) in [6.07, 6.45) is 0.876. The Hall–Kier alpha value is -2.60. The average molecular weight is 494 g/mol. The number of carbonyl (C=O) groups is 1. The van der Waals surface area contributed by atoms with Gasteiger partial charge in [0.2, 0.25) is 0 Å². The van der Waals surface area contributed by atoms with Crippen LogP contribution in [0.5, 0.6) is 0 Å². The van der Waals surface area contributed by atoms with Gasteiger partial charge in [-0.15, -0.1) is 0 Å². The molecule has 0 aliphatic carbocycles. The highest BCUT2D eigenvalue weighted by Gasteiger charge is 2.37. The zero-order valence-corrected chi connectivity index (χ0v) is 21.5. The summed E-state index contributed by atoms with van der Waals surface area (Å²) in [6, 6.07) is 18.3. The summed E-state index contributed by atoms with van der Waals surface area (Å²) in [5, 5.41) is 0.686. The van der Waals surface area contributed by atoms with E-state index in [0.717, 1.165) is 35.3 Å². The van der Waals surface area contributed by atoms with Gasteiger partial charge in [0.1, 0.15) is 12.7 Å². The molecule has 35 heavy (non-hydrogen) atoms. The standard InChI is InChI=1S/C29H32ClNO4/c1-28(2)15-24-27(19-8-6-5-7-9-19)26(20-10-12-21(30)13-11-20)23(31(24)18-28)14-25(32)33-16-22-17-34-29(3,4)35-22/h5-13,22H,14-18H2,1-4H3. The molecule has 1 saturated heterocycles. The molecule has 184 valence electrons. The summed E-state index contributed by atoms with van der Waals surface area (Å²) >= 11 is 6.21. The number of halogens is 1. The molecule has 0 bridgehead atoms. The normalized spacial score (nSPS) is 20.1. The first-order chi connectivity index (χ1) is 16.6. The van der Waals surface area contributed by atoms with E-state index in [1.165, 1.54) is 11.3 Å². The van der Waals surface area contributed by atoms with E-state index >= 15 is 0 Å².